The van der Waals surface area contributed by atoms with Gasteiger partial charge in [0.05, 0.1) is 23.3 Å². The monoisotopic (exact) mass is 447 g/mol. The molecule has 3 atom stereocenters. The number of anilines is 1. The fourth-order valence-electron chi connectivity index (χ4n) is 4.95. The zero-order valence-corrected chi connectivity index (χ0v) is 16.6. The molecule has 2 aromatic carbocycles. The molecule has 2 unspecified atom stereocenters. The van der Waals surface area contributed by atoms with Gasteiger partial charge in [-0.2, -0.15) is 13.2 Å². The minimum atomic E-state index is -4.62. The zero-order valence-electron chi connectivity index (χ0n) is 16.6. The maximum atomic E-state index is 13.3. The van der Waals surface area contributed by atoms with Gasteiger partial charge in [-0.25, -0.2) is 14.1 Å². The number of piperazine rings is 1. The van der Waals surface area contributed by atoms with Gasteiger partial charge in [0.25, 0.3) is 11.8 Å². The molecule has 166 valence electrons. The minimum absolute atomic E-state index is 0.163. The molecule has 6 nitrogen and oxygen atoms in total. The van der Waals surface area contributed by atoms with Crippen LogP contribution >= 0.6 is 0 Å². The SMILES string of the molecule is O=C1[C@H]2C3CC(CN3C(=O)c3ccccc3CF)N2C(=O)N1c1cccc(C(F)(F)F)c1. The first-order valence-electron chi connectivity index (χ1n) is 10.0. The number of rotatable bonds is 3. The number of hydrogen-bond acceptors (Lipinski definition) is 3. The van der Waals surface area contributed by atoms with Crippen LogP contribution in [0.25, 0.3) is 0 Å². The second kappa shape index (κ2) is 7.04. The lowest BCUT2D eigenvalue weighted by Crippen LogP contribution is -2.55. The summed E-state index contributed by atoms with van der Waals surface area (Å²) in [5, 5.41) is 0. The summed E-state index contributed by atoms with van der Waals surface area (Å²) in [6.45, 7) is -0.643. The van der Waals surface area contributed by atoms with Crippen molar-refractivity contribution in [3.63, 3.8) is 0 Å². The van der Waals surface area contributed by atoms with Gasteiger partial charge in [0, 0.05) is 12.1 Å². The fraction of sp³-hybridized carbons (Fsp3) is 0.318. The lowest BCUT2D eigenvalue weighted by molar-refractivity contribution is -0.137. The Morgan fingerprint density at radius 1 is 1.06 bits per heavy atom. The van der Waals surface area contributed by atoms with Gasteiger partial charge >= 0.3 is 12.2 Å². The molecule has 10 heteroatoms. The summed E-state index contributed by atoms with van der Waals surface area (Å²) in [6.07, 6.45) is -4.23. The van der Waals surface area contributed by atoms with Crippen molar-refractivity contribution in [1.82, 2.24) is 9.80 Å². The molecule has 0 radical (unpaired) electrons. The van der Waals surface area contributed by atoms with Gasteiger partial charge in [0.2, 0.25) is 0 Å². The molecule has 0 N–H and O–H groups in total. The largest absolute Gasteiger partial charge is 0.416 e. The summed E-state index contributed by atoms with van der Waals surface area (Å²) in [5.74, 6) is -1.10. The van der Waals surface area contributed by atoms with Gasteiger partial charge < -0.3 is 9.80 Å². The van der Waals surface area contributed by atoms with Crippen LogP contribution in [-0.2, 0) is 17.6 Å². The number of alkyl halides is 4. The Balaban J connectivity index is 1.45. The van der Waals surface area contributed by atoms with Crippen LogP contribution in [0, 0.1) is 0 Å². The molecule has 0 saturated carbocycles. The van der Waals surface area contributed by atoms with Gasteiger partial charge in [-0.15, -0.1) is 0 Å². The van der Waals surface area contributed by atoms with E-state index >= 15 is 0 Å². The Bertz CT molecular complexity index is 1140. The maximum Gasteiger partial charge on any atom is 0.416 e. The molecule has 3 saturated heterocycles. The van der Waals surface area contributed by atoms with Crippen LogP contribution in [-0.4, -0.2) is 52.3 Å². The predicted molar refractivity (Wildman–Crippen MR) is 104 cm³/mol. The third-order valence-electron chi connectivity index (χ3n) is 6.35. The van der Waals surface area contributed by atoms with Crippen LogP contribution in [0.1, 0.15) is 27.9 Å². The van der Waals surface area contributed by atoms with Crippen LogP contribution in [0.4, 0.5) is 28.0 Å². The van der Waals surface area contributed by atoms with Crippen LogP contribution in [0.15, 0.2) is 48.5 Å². The summed E-state index contributed by atoms with van der Waals surface area (Å²) in [6, 6.07) is 7.58. The van der Waals surface area contributed by atoms with Crippen LogP contribution in [0.3, 0.4) is 0 Å². The number of fused-ring (bicyclic) bond motifs is 5. The highest BCUT2D eigenvalue weighted by atomic mass is 19.4. The molecule has 3 aliphatic heterocycles. The van der Waals surface area contributed by atoms with E-state index in [1.54, 1.807) is 12.1 Å². The fourth-order valence-corrected chi connectivity index (χ4v) is 4.95. The average molecular weight is 447 g/mol. The van der Waals surface area contributed by atoms with Crippen molar-refractivity contribution in [1.29, 1.82) is 0 Å². The summed E-state index contributed by atoms with van der Waals surface area (Å²) in [7, 11) is 0. The second-order valence-corrected chi connectivity index (χ2v) is 8.06. The summed E-state index contributed by atoms with van der Waals surface area (Å²) in [5.41, 5.74) is -0.702. The quantitative estimate of drug-likeness (QED) is 0.534. The number of carbonyl (C=O) groups excluding carboxylic acids is 3. The second-order valence-electron chi connectivity index (χ2n) is 8.06. The van der Waals surface area contributed by atoms with Crippen molar-refractivity contribution < 1.29 is 31.9 Å². The Kier molecular flexibility index (Phi) is 4.51. The molecule has 2 aromatic rings. The van der Waals surface area contributed by atoms with Crippen molar-refractivity contribution in [3.05, 3.63) is 65.2 Å². The highest BCUT2D eigenvalue weighted by Crippen LogP contribution is 2.43. The first-order chi connectivity index (χ1) is 15.2. The van der Waals surface area contributed by atoms with Gasteiger partial charge in [0.1, 0.15) is 12.7 Å². The number of urea groups is 1. The van der Waals surface area contributed by atoms with Crippen molar-refractivity contribution in [2.24, 2.45) is 0 Å². The van der Waals surface area contributed by atoms with Gasteiger partial charge in [-0.3, -0.25) is 9.59 Å². The minimum Gasteiger partial charge on any atom is -0.331 e. The smallest absolute Gasteiger partial charge is 0.331 e. The van der Waals surface area contributed by atoms with E-state index in [2.05, 4.69) is 0 Å². The number of benzene rings is 2. The lowest BCUT2D eigenvalue weighted by atomic mass is 10.0. The van der Waals surface area contributed by atoms with E-state index in [1.807, 2.05) is 0 Å². The Morgan fingerprint density at radius 3 is 2.53 bits per heavy atom. The summed E-state index contributed by atoms with van der Waals surface area (Å²) in [4.78, 5) is 42.8. The van der Waals surface area contributed by atoms with Crippen molar-refractivity contribution in [3.8, 4) is 0 Å². The maximum absolute atomic E-state index is 13.3. The van der Waals surface area contributed by atoms with Gasteiger partial charge in [0.15, 0.2) is 0 Å². The molecule has 0 spiro atoms. The topological polar surface area (TPSA) is 60.9 Å². The third-order valence-corrected chi connectivity index (χ3v) is 6.35. The number of imide groups is 1. The number of halogens is 4. The number of nitrogens with zero attached hydrogens (tertiary/aromatic N) is 3. The molecule has 3 aliphatic rings. The van der Waals surface area contributed by atoms with Crippen LogP contribution < -0.4 is 4.90 Å². The van der Waals surface area contributed by atoms with E-state index in [4.69, 9.17) is 0 Å². The molecule has 0 aromatic heterocycles. The number of hydrogen-bond donors (Lipinski definition) is 0. The molecule has 3 heterocycles. The zero-order chi connectivity index (χ0) is 22.8. The van der Waals surface area contributed by atoms with Crippen molar-refractivity contribution in [2.45, 2.75) is 37.4 Å². The normalized spacial score (nSPS) is 24.5. The highest BCUT2D eigenvalue weighted by molar-refractivity contribution is 6.22. The number of likely N-dealkylation sites (tertiary alicyclic amines) is 1. The molecule has 32 heavy (non-hydrogen) atoms. The Labute approximate surface area is 180 Å². The highest BCUT2D eigenvalue weighted by Gasteiger charge is 2.63. The van der Waals surface area contributed by atoms with Crippen molar-refractivity contribution >= 4 is 23.5 Å². The van der Waals surface area contributed by atoms with E-state index in [1.165, 1.54) is 28.0 Å². The Hall–Kier alpha value is -3.43. The van der Waals surface area contributed by atoms with E-state index in [9.17, 15) is 31.9 Å². The first-order valence-corrected chi connectivity index (χ1v) is 10.0. The molecule has 3 fully saturated rings. The van der Waals surface area contributed by atoms with E-state index < -0.39 is 54.4 Å². The van der Waals surface area contributed by atoms with E-state index in [0.29, 0.717) is 6.42 Å². The molecule has 5 rings (SSSR count). The number of amides is 4. The summed E-state index contributed by atoms with van der Waals surface area (Å²) < 4.78 is 52.7. The molecule has 4 amide bonds. The van der Waals surface area contributed by atoms with Crippen LogP contribution in [0.5, 0.6) is 0 Å². The third kappa shape index (κ3) is 2.89. The van der Waals surface area contributed by atoms with E-state index in [0.717, 1.165) is 23.1 Å². The Morgan fingerprint density at radius 2 is 1.81 bits per heavy atom. The first kappa shape index (κ1) is 20.5. The van der Waals surface area contributed by atoms with Gasteiger partial charge in [-0.05, 0) is 36.2 Å². The average Bonchev–Trinajstić information content (AvgIpc) is 3.44. The summed E-state index contributed by atoms with van der Waals surface area (Å²) >= 11 is 0. The predicted octanol–water partition coefficient (Wildman–Crippen LogP) is 3.61. The van der Waals surface area contributed by atoms with Crippen molar-refractivity contribution in [2.75, 3.05) is 11.4 Å². The standard InChI is InChI=1S/C22H17F4N3O3/c23-10-12-4-1-2-7-16(12)19(30)27-11-15-9-17(27)18-20(31)29(21(32)28(15)18)14-6-3-5-13(8-14)22(24,25)26/h1-8,15,17-18H,9-11H2/t15?,17?,18-/m1/s1. The molecule has 2 bridgehead atoms. The molecular weight excluding hydrogens is 430 g/mol. The van der Waals surface area contributed by atoms with Gasteiger partial charge in [-0.1, -0.05) is 24.3 Å². The molecule has 0 aliphatic carbocycles. The lowest BCUT2D eigenvalue weighted by Gasteiger charge is -2.35. The van der Waals surface area contributed by atoms with E-state index in [-0.39, 0.29) is 23.4 Å². The number of carbonyl (C=O) groups is 3. The van der Waals surface area contributed by atoms with Crippen LogP contribution in [0.2, 0.25) is 0 Å². The molecular formula is C22H17F4N3O3.